The van der Waals surface area contributed by atoms with E-state index in [9.17, 15) is 9.59 Å². The lowest BCUT2D eigenvalue weighted by molar-refractivity contribution is -0.266. The molecule has 0 aliphatic carbocycles. The molecular weight excluding hydrogens is 504 g/mol. The third kappa shape index (κ3) is 2.73. The third-order valence-corrected chi connectivity index (χ3v) is 9.55. The van der Waals surface area contributed by atoms with Crippen molar-refractivity contribution in [2.45, 2.75) is 63.8 Å². The van der Waals surface area contributed by atoms with Crippen LogP contribution >= 0.6 is 0 Å². The Bertz CT molecular complexity index is 1920. The molecule has 3 aromatic carbocycles. The van der Waals surface area contributed by atoms with Crippen molar-refractivity contribution in [1.29, 1.82) is 0 Å². The highest BCUT2D eigenvalue weighted by Crippen LogP contribution is 2.54. The molecule has 204 valence electrons. The zero-order valence-electron chi connectivity index (χ0n) is 23.2. The number of hydrogen-bond donors (Lipinski definition) is 1. The number of rotatable bonds is 4. The van der Waals surface area contributed by atoms with Crippen molar-refractivity contribution in [3.8, 4) is 0 Å². The van der Waals surface area contributed by atoms with Gasteiger partial charge >= 0.3 is 0 Å². The second kappa shape index (κ2) is 8.08. The standard InChI is InChI=1S/C32H32N4O4/c1-5-10-23(37)34(3)22-15-24-35-20-13-8-6-11-17(20)26-27-19(16-33-31(27)38)25-18-12-7-9-14-21(18)36(29(25)28(26)35)32(2,40-24)30(22)39-4/h6-9,11-14,22,24,30H,5,10,15-16H2,1-4H3,(H,33,38)/t22?,24?,30?,32-/m0/s1. The van der Waals surface area contributed by atoms with Crippen LogP contribution < -0.4 is 5.32 Å². The van der Waals surface area contributed by atoms with Crippen LogP contribution in [0.1, 0.15) is 55.3 Å². The Morgan fingerprint density at radius 3 is 2.52 bits per heavy atom. The van der Waals surface area contributed by atoms with E-state index in [4.69, 9.17) is 9.47 Å². The zero-order chi connectivity index (χ0) is 27.5. The molecule has 4 atom stereocenters. The van der Waals surface area contributed by atoms with E-state index < -0.39 is 11.8 Å². The van der Waals surface area contributed by atoms with Crippen molar-refractivity contribution < 1.29 is 19.1 Å². The normalized spacial score (nSPS) is 25.2. The van der Waals surface area contributed by atoms with E-state index >= 15 is 0 Å². The number of carbonyl (C=O) groups excluding carboxylic acids is 2. The summed E-state index contributed by atoms with van der Waals surface area (Å²) < 4.78 is 18.1. The van der Waals surface area contributed by atoms with Crippen LogP contribution in [0, 0.1) is 0 Å². The van der Waals surface area contributed by atoms with Gasteiger partial charge in [-0.1, -0.05) is 43.3 Å². The van der Waals surface area contributed by atoms with E-state index in [2.05, 4.69) is 51.7 Å². The van der Waals surface area contributed by atoms with Crippen molar-refractivity contribution in [3.05, 3.63) is 59.7 Å². The lowest BCUT2D eigenvalue weighted by Gasteiger charge is -2.50. The predicted octanol–water partition coefficient (Wildman–Crippen LogP) is 5.39. The summed E-state index contributed by atoms with van der Waals surface area (Å²) in [5.74, 6) is 0.0727. The Kier molecular flexibility index (Phi) is 4.84. The Morgan fingerprint density at radius 1 is 1.10 bits per heavy atom. The van der Waals surface area contributed by atoms with Crippen molar-refractivity contribution in [2.24, 2.45) is 0 Å². The van der Waals surface area contributed by atoms with Crippen LogP contribution in [0.5, 0.6) is 0 Å². The largest absolute Gasteiger partial charge is 0.374 e. The molecule has 1 fully saturated rings. The van der Waals surface area contributed by atoms with Crippen molar-refractivity contribution in [2.75, 3.05) is 14.2 Å². The second-order valence-corrected chi connectivity index (χ2v) is 11.6. The van der Waals surface area contributed by atoms with Crippen LogP contribution in [0.25, 0.3) is 43.6 Å². The number of hydrogen-bond acceptors (Lipinski definition) is 4. The Morgan fingerprint density at radius 2 is 1.80 bits per heavy atom. The first-order chi connectivity index (χ1) is 19.4. The predicted molar refractivity (Wildman–Crippen MR) is 154 cm³/mol. The minimum atomic E-state index is -0.929. The highest BCUT2D eigenvalue weighted by Gasteiger charge is 2.54. The molecule has 2 bridgehead atoms. The van der Waals surface area contributed by atoms with Crippen molar-refractivity contribution in [1.82, 2.24) is 19.4 Å². The summed E-state index contributed by atoms with van der Waals surface area (Å²) in [5.41, 5.74) is 4.98. The van der Waals surface area contributed by atoms with Crippen LogP contribution in [0.2, 0.25) is 0 Å². The summed E-state index contributed by atoms with van der Waals surface area (Å²) in [6.45, 7) is 4.61. The molecule has 8 heteroatoms. The van der Waals surface area contributed by atoms with Gasteiger partial charge in [-0.05, 0) is 31.0 Å². The number of benzene rings is 3. The molecule has 3 aliphatic heterocycles. The maximum Gasteiger partial charge on any atom is 0.252 e. The summed E-state index contributed by atoms with van der Waals surface area (Å²) in [6.07, 6.45) is 1.05. The summed E-state index contributed by atoms with van der Waals surface area (Å²) >= 11 is 0. The van der Waals surface area contributed by atoms with Gasteiger partial charge in [0.1, 0.15) is 12.3 Å². The highest BCUT2D eigenvalue weighted by molar-refractivity contribution is 6.31. The number of likely N-dealkylation sites (N-methyl/N-ethyl adjacent to an activating group) is 1. The fourth-order valence-corrected chi connectivity index (χ4v) is 7.97. The lowest BCUT2D eigenvalue weighted by Crippen LogP contribution is -2.61. The average molecular weight is 537 g/mol. The van der Waals surface area contributed by atoms with Gasteiger partial charge in [0.25, 0.3) is 5.91 Å². The molecule has 40 heavy (non-hydrogen) atoms. The number of para-hydroxylation sites is 2. The number of fused-ring (bicyclic) bond motifs is 13. The second-order valence-electron chi connectivity index (χ2n) is 11.6. The van der Waals surface area contributed by atoms with Gasteiger partial charge in [-0.2, -0.15) is 0 Å². The Labute approximate surface area is 231 Å². The quantitative estimate of drug-likeness (QED) is 0.334. The van der Waals surface area contributed by atoms with E-state index in [0.717, 1.165) is 61.2 Å². The molecule has 0 saturated carbocycles. The summed E-state index contributed by atoms with van der Waals surface area (Å²) in [6, 6.07) is 16.4. The molecule has 5 aromatic rings. The Balaban J connectivity index is 1.58. The van der Waals surface area contributed by atoms with Gasteiger partial charge in [0.15, 0.2) is 5.72 Å². The van der Waals surface area contributed by atoms with Crippen LogP contribution in [-0.2, 0) is 26.5 Å². The summed E-state index contributed by atoms with van der Waals surface area (Å²) in [4.78, 5) is 28.6. The Hall–Kier alpha value is -3.88. The van der Waals surface area contributed by atoms with Gasteiger partial charge in [0.2, 0.25) is 5.91 Å². The molecule has 2 amide bonds. The number of nitrogens with zero attached hydrogens (tertiary/aromatic N) is 3. The van der Waals surface area contributed by atoms with Gasteiger partial charge < -0.3 is 28.8 Å². The van der Waals surface area contributed by atoms with E-state index in [1.165, 1.54) is 0 Å². The van der Waals surface area contributed by atoms with E-state index in [-0.39, 0.29) is 24.1 Å². The molecule has 8 rings (SSSR count). The topological polar surface area (TPSA) is 77.7 Å². The zero-order valence-corrected chi connectivity index (χ0v) is 23.2. The molecule has 3 aliphatic rings. The minimum Gasteiger partial charge on any atom is -0.374 e. The number of methoxy groups -OCH3 is 1. The molecule has 0 radical (unpaired) electrons. The fourth-order valence-electron chi connectivity index (χ4n) is 7.97. The van der Waals surface area contributed by atoms with Crippen molar-refractivity contribution >= 4 is 55.4 Å². The SMILES string of the molecule is CCCC(=O)N(C)C1CC2O[C@@](C)(C1OC)n1c3ccccc3c3c4c(c5c6ccccc6n2c5c31)C(=O)NC4. The fraction of sp³-hybridized carbons (Fsp3) is 0.375. The molecule has 2 aromatic heterocycles. The van der Waals surface area contributed by atoms with Gasteiger partial charge in [-0.25, -0.2) is 0 Å². The van der Waals surface area contributed by atoms with Gasteiger partial charge in [-0.15, -0.1) is 0 Å². The van der Waals surface area contributed by atoms with Gasteiger partial charge in [0, 0.05) is 55.1 Å². The number of nitrogens with one attached hydrogen (secondary N) is 1. The van der Waals surface area contributed by atoms with Crippen molar-refractivity contribution in [3.63, 3.8) is 0 Å². The van der Waals surface area contributed by atoms with Gasteiger partial charge in [0.05, 0.1) is 33.7 Å². The number of carbonyl (C=O) groups is 2. The highest BCUT2D eigenvalue weighted by atomic mass is 16.6. The first kappa shape index (κ1) is 24.0. The minimum absolute atomic E-state index is 0.0338. The number of amides is 2. The van der Waals surface area contributed by atoms with E-state index in [1.807, 2.05) is 37.1 Å². The lowest BCUT2D eigenvalue weighted by atomic mass is 9.91. The maximum absolute atomic E-state index is 13.5. The molecule has 0 spiro atoms. The molecule has 5 heterocycles. The third-order valence-electron chi connectivity index (χ3n) is 9.55. The monoisotopic (exact) mass is 536 g/mol. The summed E-state index contributed by atoms with van der Waals surface area (Å²) in [7, 11) is 3.61. The number of ether oxygens (including phenoxy) is 2. The molecule has 1 saturated heterocycles. The molecular formula is C32H32N4O4. The average Bonchev–Trinajstić information content (AvgIpc) is 3.60. The maximum atomic E-state index is 13.5. The van der Waals surface area contributed by atoms with Crippen LogP contribution in [0.3, 0.4) is 0 Å². The van der Waals surface area contributed by atoms with Gasteiger partial charge in [-0.3, -0.25) is 9.59 Å². The van der Waals surface area contributed by atoms with Crippen LogP contribution in [0.15, 0.2) is 48.5 Å². The smallest absolute Gasteiger partial charge is 0.252 e. The number of aromatic nitrogens is 2. The molecule has 3 unspecified atom stereocenters. The van der Waals surface area contributed by atoms with E-state index in [0.29, 0.717) is 19.4 Å². The van der Waals surface area contributed by atoms with Crippen LogP contribution in [-0.4, -0.2) is 52.2 Å². The molecule has 1 N–H and O–H groups in total. The molecule has 8 nitrogen and oxygen atoms in total. The van der Waals surface area contributed by atoms with E-state index in [1.54, 1.807) is 7.11 Å². The van der Waals surface area contributed by atoms with Crippen LogP contribution in [0.4, 0.5) is 0 Å². The summed E-state index contributed by atoms with van der Waals surface area (Å²) in [5, 5.41) is 7.30. The first-order valence-corrected chi connectivity index (χ1v) is 14.2. The first-order valence-electron chi connectivity index (χ1n) is 14.2.